The van der Waals surface area contributed by atoms with E-state index in [1.54, 1.807) is 18.1 Å². The van der Waals surface area contributed by atoms with Crippen molar-refractivity contribution in [2.75, 3.05) is 38.7 Å². The molecule has 2 heterocycles. The Kier molecular flexibility index (Phi) is 7.34. The summed E-state index contributed by atoms with van der Waals surface area (Å²) in [5.74, 6) is 0.606. The Labute approximate surface area is 217 Å². The summed E-state index contributed by atoms with van der Waals surface area (Å²) >= 11 is 0. The number of hydrogen-bond donors (Lipinski definition) is 1. The maximum Gasteiger partial charge on any atom is 0.414 e. The lowest BCUT2D eigenvalue weighted by Crippen LogP contribution is -2.48. The number of ether oxygens (including phenoxy) is 2. The van der Waals surface area contributed by atoms with E-state index in [1.165, 1.54) is 5.56 Å². The van der Waals surface area contributed by atoms with Crippen molar-refractivity contribution in [1.29, 1.82) is 0 Å². The minimum Gasteiger partial charge on any atom is -0.497 e. The predicted molar refractivity (Wildman–Crippen MR) is 139 cm³/mol. The van der Waals surface area contributed by atoms with Crippen LogP contribution in [-0.4, -0.2) is 72.4 Å². The van der Waals surface area contributed by atoms with Crippen LogP contribution >= 0.6 is 0 Å². The van der Waals surface area contributed by atoms with Gasteiger partial charge in [0, 0.05) is 43.9 Å². The van der Waals surface area contributed by atoms with Gasteiger partial charge < -0.3 is 24.4 Å². The standard InChI is InChI=1S/C28H35N3O6/c1-28(2,3)37-27(35)30-13-12-23(18-7-10-22(36-5)11-8-18)20(16-30)15-29(4)21-9-6-19-17-31(26(33)34)25(32)24(19)14-21/h6-11,14,20,23H,12-13,15-17H2,1-5H3,(H,33,34). The Morgan fingerprint density at radius 1 is 1.14 bits per heavy atom. The Bertz CT molecular complexity index is 1170. The summed E-state index contributed by atoms with van der Waals surface area (Å²) in [5, 5.41) is 9.31. The topological polar surface area (TPSA) is 99.6 Å². The third-order valence-electron chi connectivity index (χ3n) is 7.01. The third-order valence-corrected chi connectivity index (χ3v) is 7.01. The highest BCUT2D eigenvalue weighted by molar-refractivity contribution is 6.06. The number of carbonyl (C=O) groups excluding carboxylic acids is 2. The number of carbonyl (C=O) groups is 3. The van der Waals surface area contributed by atoms with E-state index >= 15 is 0 Å². The van der Waals surface area contributed by atoms with Gasteiger partial charge in [0.25, 0.3) is 5.91 Å². The van der Waals surface area contributed by atoms with E-state index in [2.05, 4.69) is 17.0 Å². The van der Waals surface area contributed by atoms with Crippen molar-refractivity contribution in [1.82, 2.24) is 9.80 Å². The van der Waals surface area contributed by atoms with Gasteiger partial charge in [-0.1, -0.05) is 18.2 Å². The molecule has 9 nitrogen and oxygen atoms in total. The molecule has 0 aromatic heterocycles. The molecule has 0 radical (unpaired) electrons. The lowest BCUT2D eigenvalue weighted by Gasteiger charge is -2.41. The largest absolute Gasteiger partial charge is 0.497 e. The molecule has 4 rings (SSSR count). The van der Waals surface area contributed by atoms with Gasteiger partial charge in [0.2, 0.25) is 0 Å². The summed E-state index contributed by atoms with van der Waals surface area (Å²) in [6.45, 7) is 7.42. The molecule has 2 aliphatic heterocycles. The molecule has 3 amide bonds. The summed E-state index contributed by atoms with van der Waals surface area (Å²) in [6, 6.07) is 13.6. The normalized spacial score (nSPS) is 19.4. The number of amides is 3. The number of benzene rings is 2. The molecule has 198 valence electrons. The average Bonchev–Trinajstić information content (AvgIpc) is 3.19. The van der Waals surface area contributed by atoms with Crippen molar-refractivity contribution in [3.8, 4) is 5.75 Å². The zero-order valence-electron chi connectivity index (χ0n) is 22.1. The van der Waals surface area contributed by atoms with E-state index in [-0.39, 0.29) is 24.5 Å². The Morgan fingerprint density at radius 2 is 1.84 bits per heavy atom. The fourth-order valence-corrected chi connectivity index (χ4v) is 5.14. The van der Waals surface area contributed by atoms with Gasteiger partial charge in [-0.05, 0) is 68.5 Å². The molecule has 0 aliphatic carbocycles. The first-order chi connectivity index (χ1) is 17.5. The molecule has 9 heteroatoms. The number of likely N-dealkylation sites (tertiary alicyclic amines) is 1. The predicted octanol–water partition coefficient (Wildman–Crippen LogP) is 4.81. The van der Waals surface area contributed by atoms with Crippen molar-refractivity contribution in [3.05, 3.63) is 59.2 Å². The molecule has 37 heavy (non-hydrogen) atoms. The lowest BCUT2D eigenvalue weighted by atomic mass is 9.80. The molecule has 2 aliphatic rings. The van der Waals surface area contributed by atoms with Crippen molar-refractivity contribution >= 4 is 23.8 Å². The van der Waals surface area contributed by atoms with Crippen molar-refractivity contribution in [2.45, 2.75) is 45.3 Å². The maximum absolute atomic E-state index is 12.9. The second-order valence-electron chi connectivity index (χ2n) is 10.8. The highest BCUT2D eigenvalue weighted by atomic mass is 16.6. The third kappa shape index (κ3) is 5.81. The van der Waals surface area contributed by atoms with Gasteiger partial charge >= 0.3 is 12.2 Å². The monoisotopic (exact) mass is 509 g/mol. The quantitative estimate of drug-likeness (QED) is 0.618. The molecule has 0 bridgehead atoms. The number of piperidine rings is 1. The molecule has 0 spiro atoms. The first kappa shape index (κ1) is 26.3. The van der Waals surface area contributed by atoms with Gasteiger partial charge in [-0.25, -0.2) is 14.5 Å². The number of rotatable bonds is 5. The van der Waals surface area contributed by atoms with E-state index in [1.807, 2.05) is 52.1 Å². The number of carboxylic acid groups (broad SMARTS) is 1. The van der Waals surface area contributed by atoms with Crippen LogP contribution in [0.2, 0.25) is 0 Å². The highest BCUT2D eigenvalue weighted by Gasteiger charge is 2.36. The van der Waals surface area contributed by atoms with Gasteiger partial charge in [0.1, 0.15) is 11.4 Å². The number of nitrogens with zero attached hydrogens (tertiary/aromatic N) is 3. The summed E-state index contributed by atoms with van der Waals surface area (Å²) in [7, 11) is 3.59. The van der Waals surface area contributed by atoms with Gasteiger partial charge in [-0.3, -0.25) is 4.79 Å². The van der Waals surface area contributed by atoms with E-state index in [0.29, 0.717) is 30.8 Å². The number of imide groups is 1. The second-order valence-corrected chi connectivity index (χ2v) is 10.8. The molecular formula is C28H35N3O6. The molecule has 2 atom stereocenters. The molecule has 2 aromatic carbocycles. The zero-order chi connectivity index (χ0) is 26.9. The van der Waals surface area contributed by atoms with E-state index < -0.39 is 17.6 Å². The first-order valence-electron chi connectivity index (χ1n) is 12.5. The van der Waals surface area contributed by atoms with Crippen molar-refractivity contribution in [3.63, 3.8) is 0 Å². The molecule has 1 N–H and O–H groups in total. The van der Waals surface area contributed by atoms with Crippen molar-refractivity contribution < 1.29 is 29.0 Å². The van der Waals surface area contributed by atoms with Gasteiger partial charge in [-0.2, -0.15) is 0 Å². The Balaban J connectivity index is 1.56. The Morgan fingerprint density at radius 3 is 2.46 bits per heavy atom. The van der Waals surface area contributed by atoms with Crippen LogP contribution in [0.15, 0.2) is 42.5 Å². The molecule has 2 aromatic rings. The molecule has 1 saturated heterocycles. The van der Waals surface area contributed by atoms with Crippen LogP contribution in [0.3, 0.4) is 0 Å². The second kappa shape index (κ2) is 10.3. The van der Waals surface area contributed by atoms with Crippen LogP contribution in [0.25, 0.3) is 0 Å². The minimum atomic E-state index is -1.25. The number of anilines is 1. The van der Waals surface area contributed by atoms with Gasteiger partial charge in [0.05, 0.1) is 13.7 Å². The van der Waals surface area contributed by atoms with Gasteiger partial charge in [0.15, 0.2) is 0 Å². The van der Waals surface area contributed by atoms with Crippen LogP contribution < -0.4 is 9.64 Å². The summed E-state index contributed by atoms with van der Waals surface area (Å²) in [6.07, 6.45) is -0.770. The first-order valence-corrected chi connectivity index (χ1v) is 12.5. The summed E-state index contributed by atoms with van der Waals surface area (Å²) < 4.78 is 11.0. The average molecular weight is 510 g/mol. The fourth-order valence-electron chi connectivity index (χ4n) is 5.14. The van der Waals surface area contributed by atoms with Crippen LogP contribution in [0.5, 0.6) is 5.75 Å². The van der Waals surface area contributed by atoms with Crippen molar-refractivity contribution in [2.24, 2.45) is 5.92 Å². The molecule has 1 fully saturated rings. The molecule has 0 saturated carbocycles. The lowest BCUT2D eigenvalue weighted by molar-refractivity contribution is 0.0149. The number of fused-ring (bicyclic) bond motifs is 1. The van der Waals surface area contributed by atoms with E-state index in [0.717, 1.165) is 22.8 Å². The SMILES string of the molecule is COc1ccc(C2CCN(C(=O)OC(C)(C)C)CC2CN(C)c2ccc3c(c2)C(=O)N(C(=O)O)C3)cc1. The Hall–Kier alpha value is -3.75. The van der Waals surface area contributed by atoms with Crippen LogP contribution in [-0.2, 0) is 11.3 Å². The minimum absolute atomic E-state index is 0.0700. The van der Waals surface area contributed by atoms with E-state index in [9.17, 15) is 19.5 Å². The maximum atomic E-state index is 12.9. The number of methoxy groups -OCH3 is 1. The van der Waals surface area contributed by atoms with Crippen LogP contribution in [0, 0.1) is 5.92 Å². The summed E-state index contributed by atoms with van der Waals surface area (Å²) in [5.41, 5.74) is 2.55. The fraction of sp³-hybridized carbons (Fsp3) is 0.464. The summed E-state index contributed by atoms with van der Waals surface area (Å²) in [4.78, 5) is 41.5. The molecular weight excluding hydrogens is 474 g/mol. The highest BCUT2D eigenvalue weighted by Crippen LogP contribution is 2.36. The zero-order valence-corrected chi connectivity index (χ0v) is 22.1. The number of hydrogen-bond acceptors (Lipinski definition) is 6. The smallest absolute Gasteiger partial charge is 0.414 e. The van der Waals surface area contributed by atoms with Crippen LogP contribution in [0.1, 0.15) is 54.6 Å². The molecule has 2 unspecified atom stereocenters. The van der Waals surface area contributed by atoms with Crippen LogP contribution in [0.4, 0.5) is 15.3 Å². The van der Waals surface area contributed by atoms with Gasteiger partial charge in [-0.15, -0.1) is 0 Å². The van der Waals surface area contributed by atoms with E-state index in [4.69, 9.17) is 9.47 Å².